The summed E-state index contributed by atoms with van der Waals surface area (Å²) in [6, 6.07) is 17.4. The van der Waals surface area contributed by atoms with Gasteiger partial charge in [0.2, 0.25) is 0 Å². The lowest BCUT2D eigenvalue weighted by molar-refractivity contribution is 0.532. The summed E-state index contributed by atoms with van der Waals surface area (Å²) in [5.41, 5.74) is 8.99. The Balaban J connectivity index is 1.76. The van der Waals surface area contributed by atoms with Crippen molar-refractivity contribution >= 4 is 0 Å². The maximum absolute atomic E-state index is 4.99. The summed E-state index contributed by atoms with van der Waals surface area (Å²) >= 11 is 0. The molecule has 1 saturated carbocycles. The molecule has 5 rings (SSSR count). The number of pyridine rings is 2. The number of rotatable bonds is 1. The summed E-state index contributed by atoms with van der Waals surface area (Å²) in [5.74, 6) is 0. The molecule has 1 aromatic carbocycles. The van der Waals surface area contributed by atoms with Crippen LogP contribution in [0.25, 0.3) is 22.4 Å². The molecule has 0 bridgehead atoms. The molecule has 0 amide bonds. The summed E-state index contributed by atoms with van der Waals surface area (Å²) in [6.45, 7) is 2.10. The molecule has 1 spiro atoms. The molecule has 0 radical (unpaired) electrons. The van der Waals surface area contributed by atoms with Crippen LogP contribution in [0.4, 0.5) is 0 Å². The minimum absolute atomic E-state index is 0.152. The molecule has 2 nitrogen and oxygen atoms in total. The van der Waals surface area contributed by atoms with Crippen molar-refractivity contribution in [3.63, 3.8) is 0 Å². The lowest BCUT2D eigenvalue weighted by atomic mass is 9.79. The van der Waals surface area contributed by atoms with Gasteiger partial charge in [0.25, 0.3) is 0 Å². The smallest absolute Gasteiger partial charge is 0.0702 e. The van der Waals surface area contributed by atoms with Crippen molar-refractivity contribution in [3.05, 3.63) is 71.7 Å². The number of aryl methyl sites for hydroxylation is 1. The van der Waals surface area contributed by atoms with E-state index in [9.17, 15) is 0 Å². The van der Waals surface area contributed by atoms with E-state index in [1.165, 1.54) is 53.6 Å². The van der Waals surface area contributed by atoms with Crippen LogP contribution in [0.5, 0.6) is 0 Å². The minimum atomic E-state index is 0.152. The van der Waals surface area contributed by atoms with Crippen LogP contribution in [0.2, 0.25) is 0 Å². The number of fused-ring (bicyclic) bond motifs is 5. The molecule has 0 aliphatic heterocycles. The van der Waals surface area contributed by atoms with Gasteiger partial charge in [-0.1, -0.05) is 37.1 Å². The van der Waals surface area contributed by atoms with Gasteiger partial charge in [0.15, 0.2) is 0 Å². The fourth-order valence-electron chi connectivity index (χ4n) is 4.63. The van der Waals surface area contributed by atoms with Crippen LogP contribution >= 0.6 is 0 Å². The van der Waals surface area contributed by atoms with Crippen LogP contribution in [-0.4, -0.2) is 9.97 Å². The number of benzene rings is 1. The Bertz CT molecular complexity index is 922. The van der Waals surface area contributed by atoms with Gasteiger partial charge in [-0.3, -0.25) is 9.97 Å². The third-order valence-electron chi connectivity index (χ3n) is 5.73. The van der Waals surface area contributed by atoms with Gasteiger partial charge in [-0.15, -0.1) is 0 Å². The molecule has 2 aliphatic rings. The summed E-state index contributed by atoms with van der Waals surface area (Å²) < 4.78 is 0. The summed E-state index contributed by atoms with van der Waals surface area (Å²) in [6.07, 6.45) is 6.92. The van der Waals surface area contributed by atoms with Gasteiger partial charge in [-0.05, 0) is 55.2 Å². The second-order valence-electron chi connectivity index (χ2n) is 7.11. The first-order chi connectivity index (χ1) is 11.8. The lowest BCUT2D eigenvalue weighted by Gasteiger charge is -2.25. The van der Waals surface area contributed by atoms with Crippen LogP contribution in [0.1, 0.15) is 42.6 Å². The molecule has 0 saturated heterocycles. The van der Waals surface area contributed by atoms with Crippen molar-refractivity contribution in [2.75, 3.05) is 0 Å². The number of nitrogens with zero attached hydrogens (tertiary/aromatic N) is 2. The van der Waals surface area contributed by atoms with Crippen molar-refractivity contribution in [2.24, 2.45) is 0 Å². The molecule has 2 aromatic heterocycles. The van der Waals surface area contributed by atoms with E-state index in [1.54, 1.807) is 0 Å². The van der Waals surface area contributed by atoms with E-state index in [0.29, 0.717) is 0 Å². The number of hydrogen-bond donors (Lipinski definition) is 0. The first-order valence-corrected chi connectivity index (χ1v) is 8.82. The molecular weight excluding hydrogens is 292 g/mol. The standard InChI is InChI=1S/C22H20N2/c1-15-7-9-17-18-14-16(20-6-2-5-13-23-20)8-10-19(18)22(21(17)24-15)11-3-4-12-22/h2,5-10,13-14H,3-4,11-12H2,1H3. The molecule has 1 fully saturated rings. The normalized spacial score (nSPS) is 17.0. The zero-order chi connectivity index (χ0) is 16.1. The number of aromatic nitrogens is 2. The second kappa shape index (κ2) is 5.01. The van der Waals surface area contributed by atoms with Gasteiger partial charge in [0, 0.05) is 28.4 Å². The highest BCUT2D eigenvalue weighted by molar-refractivity contribution is 5.83. The Kier molecular flexibility index (Phi) is 2.90. The summed E-state index contributed by atoms with van der Waals surface area (Å²) in [7, 11) is 0. The van der Waals surface area contributed by atoms with Crippen LogP contribution in [0, 0.1) is 6.92 Å². The third-order valence-corrected chi connectivity index (χ3v) is 5.73. The van der Waals surface area contributed by atoms with Crippen molar-refractivity contribution in [1.29, 1.82) is 0 Å². The number of hydrogen-bond acceptors (Lipinski definition) is 2. The first kappa shape index (κ1) is 13.9. The highest BCUT2D eigenvalue weighted by Crippen LogP contribution is 2.56. The average molecular weight is 312 g/mol. The topological polar surface area (TPSA) is 25.8 Å². The maximum atomic E-state index is 4.99. The molecule has 2 heterocycles. The molecule has 2 heteroatoms. The quantitative estimate of drug-likeness (QED) is 0.610. The maximum Gasteiger partial charge on any atom is 0.0702 e. The van der Waals surface area contributed by atoms with Crippen molar-refractivity contribution in [1.82, 2.24) is 9.97 Å². The van der Waals surface area contributed by atoms with E-state index in [2.05, 4.69) is 48.3 Å². The highest BCUT2D eigenvalue weighted by Gasteiger charge is 2.46. The molecule has 0 atom stereocenters. The van der Waals surface area contributed by atoms with Crippen molar-refractivity contribution < 1.29 is 0 Å². The van der Waals surface area contributed by atoms with Gasteiger partial charge in [-0.2, -0.15) is 0 Å². The van der Waals surface area contributed by atoms with Crippen LogP contribution in [-0.2, 0) is 5.41 Å². The Morgan fingerprint density at radius 1 is 0.917 bits per heavy atom. The van der Waals surface area contributed by atoms with E-state index >= 15 is 0 Å². The van der Waals surface area contributed by atoms with Crippen LogP contribution in [0.3, 0.4) is 0 Å². The predicted molar refractivity (Wildman–Crippen MR) is 96.9 cm³/mol. The van der Waals surface area contributed by atoms with E-state index in [0.717, 1.165) is 11.4 Å². The van der Waals surface area contributed by atoms with Crippen molar-refractivity contribution in [3.8, 4) is 22.4 Å². The zero-order valence-corrected chi connectivity index (χ0v) is 13.9. The lowest BCUT2D eigenvalue weighted by Crippen LogP contribution is -2.22. The average Bonchev–Trinajstić information content (AvgIpc) is 3.21. The monoisotopic (exact) mass is 312 g/mol. The largest absolute Gasteiger partial charge is 0.257 e. The van der Waals surface area contributed by atoms with E-state index in [4.69, 9.17) is 4.98 Å². The van der Waals surface area contributed by atoms with Gasteiger partial charge in [-0.25, -0.2) is 0 Å². The Morgan fingerprint density at radius 3 is 2.58 bits per heavy atom. The molecule has 0 N–H and O–H groups in total. The first-order valence-electron chi connectivity index (χ1n) is 8.82. The summed E-state index contributed by atoms with van der Waals surface area (Å²) in [4.78, 5) is 9.51. The molecule has 2 aliphatic carbocycles. The fourth-order valence-corrected chi connectivity index (χ4v) is 4.63. The second-order valence-corrected chi connectivity index (χ2v) is 7.11. The van der Waals surface area contributed by atoms with E-state index in [1.807, 2.05) is 18.3 Å². The predicted octanol–water partition coefficient (Wildman–Crippen LogP) is 5.29. The summed E-state index contributed by atoms with van der Waals surface area (Å²) in [5, 5.41) is 0. The third kappa shape index (κ3) is 1.83. The minimum Gasteiger partial charge on any atom is -0.257 e. The molecule has 24 heavy (non-hydrogen) atoms. The van der Waals surface area contributed by atoms with Gasteiger partial charge < -0.3 is 0 Å². The zero-order valence-electron chi connectivity index (χ0n) is 13.9. The van der Waals surface area contributed by atoms with Gasteiger partial charge in [0.05, 0.1) is 11.4 Å². The SMILES string of the molecule is Cc1ccc2c(n1)C1(CCCC1)c1ccc(-c3ccccn3)cc1-2. The van der Waals surface area contributed by atoms with Crippen LogP contribution in [0.15, 0.2) is 54.7 Å². The van der Waals surface area contributed by atoms with Crippen LogP contribution < -0.4 is 0 Å². The van der Waals surface area contributed by atoms with Gasteiger partial charge >= 0.3 is 0 Å². The fraction of sp³-hybridized carbons (Fsp3) is 0.273. The van der Waals surface area contributed by atoms with E-state index in [-0.39, 0.29) is 5.41 Å². The molecule has 0 unspecified atom stereocenters. The Hall–Kier alpha value is -2.48. The highest BCUT2D eigenvalue weighted by atomic mass is 14.8. The molecular formula is C22H20N2. The van der Waals surface area contributed by atoms with Gasteiger partial charge in [0.1, 0.15) is 0 Å². The molecule has 118 valence electrons. The van der Waals surface area contributed by atoms with E-state index < -0.39 is 0 Å². The molecule has 3 aromatic rings. The Morgan fingerprint density at radius 2 is 1.79 bits per heavy atom. The Labute approximate surface area is 142 Å². The van der Waals surface area contributed by atoms with Crippen molar-refractivity contribution in [2.45, 2.75) is 38.0 Å².